The van der Waals surface area contributed by atoms with E-state index in [1.165, 1.54) is 4.68 Å². The third-order valence-electron chi connectivity index (χ3n) is 5.94. The predicted octanol–water partition coefficient (Wildman–Crippen LogP) is 1.67. The van der Waals surface area contributed by atoms with Gasteiger partial charge < -0.3 is 9.47 Å². The number of hydrogen-bond donors (Lipinski definition) is 0. The van der Waals surface area contributed by atoms with E-state index in [-0.39, 0.29) is 17.5 Å². The second-order valence-electron chi connectivity index (χ2n) is 7.88. The van der Waals surface area contributed by atoms with Gasteiger partial charge in [-0.3, -0.25) is 9.36 Å². The van der Waals surface area contributed by atoms with Crippen LogP contribution >= 0.6 is 0 Å². The van der Waals surface area contributed by atoms with Gasteiger partial charge >= 0.3 is 5.69 Å². The molecule has 8 nitrogen and oxygen atoms in total. The molecule has 1 aliphatic carbocycles. The number of amides is 1. The molecule has 1 saturated carbocycles. The molecule has 2 aromatic heterocycles. The van der Waals surface area contributed by atoms with Crippen molar-refractivity contribution in [2.24, 2.45) is 7.05 Å². The van der Waals surface area contributed by atoms with Crippen molar-refractivity contribution in [3.05, 3.63) is 46.9 Å². The van der Waals surface area contributed by atoms with Crippen LogP contribution in [0.25, 0.3) is 11.0 Å². The Morgan fingerprint density at radius 2 is 1.89 bits per heavy atom. The van der Waals surface area contributed by atoms with Gasteiger partial charge in [0.1, 0.15) is 12.4 Å². The number of rotatable bonds is 4. The minimum absolute atomic E-state index is 0.0111. The van der Waals surface area contributed by atoms with E-state index in [0.29, 0.717) is 25.7 Å². The Morgan fingerprint density at radius 1 is 1.14 bits per heavy atom. The Labute approximate surface area is 162 Å². The summed E-state index contributed by atoms with van der Waals surface area (Å²) < 4.78 is 5.25. The Balaban J connectivity index is 1.27. The van der Waals surface area contributed by atoms with E-state index in [0.717, 1.165) is 42.5 Å². The highest BCUT2D eigenvalue weighted by atomic mass is 16.2. The second-order valence-corrected chi connectivity index (χ2v) is 7.88. The average Bonchev–Trinajstić information content (AvgIpc) is 3.41. The lowest BCUT2D eigenvalue weighted by molar-refractivity contribution is -0.132. The van der Waals surface area contributed by atoms with E-state index in [1.807, 2.05) is 38.3 Å². The van der Waals surface area contributed by atoms with Gasteiger partial charge in [0.25, 0.3) is 0 Å². The number of fused-ring (bicyclic) bond motifs is 1. The lowest BCUT2D eigenvalue weighted by Crippen LogP contribution is -2.40. The highest BCUT2D eigenvalue weighted by Crippen LogP contribution is 2.37. The van der Waals surface area contributed by atoms with Crippen LogP contribution in [0.5, 0.6) is 0 Å². The number of hydrogen-bond acceptors (Lipinski definition) is 4. The highest BCUT2D eigenvalue weighted by Gasteiger charge is 2.34. The van der Waals surface area contributed by atoms with Crippen molar-refractivity contribution in [1.82, 2.24) is 28.8 Å². The van der Waals surface area contributed by atoms with Gasteiger partial charge in [-0.15, -0.1) is 0 Å². The molecule has 2 fully saturated rings. The summed E-state index contributed by atoms with van der Waals surface area (Å²) in [5.41, 5.74) is 1.87. The largest absolute Gasteiger partial charge is 0.345 e. The number of aryl methyl sites for hydroxylation is 1. The molecule has 146 valence electrons. The number of benzene rings is 1. The van der Waals surface area contributed by atoms with Crippen molar-refractivity contribution < 1.29 is 4.79 Å². The SMILES string of the molecule is Cn1nc(C2CCN(C(=O)Cn3cnc4ccccc43)CC2)n(C2CC2)c1=O. The Morgan fingerprint density at radius 3 is 2.64 bits per heavy atom. The van der Waals surface area contributed by atoms with Gasteiger partial charge in [-0.1, -0.05) is 12.1 Å². The van der Waals surface area contributed by atoms with Gasteiger partial charge in [0.05, 0.1) is 17.4 Å². The first-order valence-corrected chi connectivity index (χ1v) is 9.95. The number of piperidine rings is 1. The fourth-order valence-corrected chi connectivity index (χ4v) is 4.22. The summed E-state index contributed by atoms with van der Waals surface area (Å²) in [7, 11) is 1.72. The smallest absolute Gasteiger partial charge is 0.341 e. The van der Waals surface area contributed by atoms with Crippen LogP contribution in [0.4, 0.5) is 0 Å². The van der Waals surface area contributed by atoms with Crippen molar-refractivity contribution in [2.75, 3.05) is 13.1 Å². The molecule has 0 radical (unpaired) electrons. The van der Waals surface area contributed by atoms with Crippen LogP contribution in [-0.2, 0) is 18.4 Å². The van der Waals surface area contributed by atoms with Crippen molar-refractivity contribution in [3.8, 4) is 0 Å². The lowest BCUT2D eigenvalue weighted by Gasteiger charge is -2.31. The zero-order chi connectivity index (χ0) is 19.3. The Kier molecular flexibility index (Phi) is 4.07. The number of carbonyl (C=O) groups excluding carboxylic acids is 1. The molecule has 1 amide bonds. The molecule has 0 bridgehead atoms. The van der Waals surface area contributed by atoms with Crippen LogP contribution in [0.3, 0.4) is 0 Å². The molecular formula is C20H24N6O2. The average molecular weight is 380 g/mol. The van der Waals surface area contributed by atoms with Gasteiger partial charge in [0, 0.05) is 32.1 Å². The van der Waals surface area contributed by atoms with E-state index < -0.39 is 0 Å². The van der Waals surface area contributed by atoms with Gasteiger partial charge in [-0.25, -0.2) is 14.5 Å². The van der Waals surface area contributed by atoms with Crippen LogP contribution in [-0.4, -0.2) is 47.8 Å². The monoisotopic (exact) mass is 380 g/mol. The normalized spacial score (nSPS) is 18.1. The molecule has 5 rings (SSSR count). The quantitative estimate of drug-likeness (QED) is 0.690. The molecule has 2 aliphatic rings. The predicted molar refractivity (Wildman–Crippen MR) is 104 cm³/mol. The van der Waals surface area contributed by atoms with Crippen molar-refractivity contribution in [1.29, 1.82) is 0 Å². The van der Waals surface area contributed by atoms with E-state index in [9.17, 15) is 9.59 Å². The Bertz CT molecular complexity index is 1080. The van der Waals surface area contributed by atoms with Gasteiger partial charge in [-0.2, -0.15) is 5.10 Å². The summed E-state index contributed by atoms with van der Waals surface area (Å²) in [6, 6.07) is 8.17. The number of aromatic nitrogens is 5. The summed E-state index contributed by atoms with van der Waals surface area (Å²) in [5, 5.41) is 4.51. The fraction of sp³-hybridized carbons (Fsp3) is 0.500. The summed E-state index contributed by atoms with van der Waals surface area (Å²) >= 11 is 0. The number of nitrogens with zero attached hydrogens (tertiary/aromatic N) is 6. The lowest BCUT2D eigenvalue weighted by atomic mass is 9.95. The fourth-order valence-electron chi connectivity index (χ4n) is 4.22. The van der Waals surface area contributed by atoms with Crippen LogP contribution in [0, 0.1) is 0 Å². The first-order valence-electron chi connectivity index (χ1n) is 9.95. The number of para-hydroxylation sites is 2. The van der Waals surface area contributed by atoms with E-state index >= 15 is 0 Å². The van der Waals surface area contributed by atoms with Crippen molar-refractivity contribution in [2.45, 2.75) is 44.2 Å². The van der Waals surface area contributed by atoms with Crippen molar-refractivity contribution >= 4 is 16.9 Å². The number of likely N-dealkylation sites (tertiary alicyclic amines) is 1. The van der Waals surface area contributed by atoms with Crippen LogP contribution in [0.2, 0.25) is 0 Å². The highest BCUT2D eigenvalue weighted by molar-refractivity contribution is 5.80. The third kappa shape index (κ3) is 2.93. The molecule has 1 aliphatic heterocycles. The first kappa shape index (κ1) is 17.2. The molecule has 8 heteroatoms. The van der Waals surface area contributed by atoms with Gasteiger partial charge in [-0.05, 0) is 37.8 Å². The molecule has 0 unspecified atom stereocenters. The van der Waals surface area contributed by atoms with E-state index in [1.54, 1.807) is 13.4 Å². The number of imidazole rings is 1. The molecule has 3 aromatic rings. The van der Waals surface area contributed by atoms with Gasteiger partial charge in [0.2, 0.25) is 5.91 Å². The molecular weight excluding hydrogens is 356 g/mol. The second kappa shape index (κ2) is 6.61. The molecule has 0 spiro atoms. The van der Waals surface area contributed by atoms with Crippen molar-refractivity contribution in [3.63, 3.8) is 0 Å². The van der Waals surface area contributed by atoms with Crippen LogP contribution < -0.4 is 5.69 Å². The molecule has 1 saturated heterocycles. The van der Waals surface area contributed by atoms with E-state index in [2.05, 4.69) is 10.1 Å². The molecule has 0 atom stereocenters. The standard InChI is InChI=1S/C20H24N6O2/c1-23-20(28)26(15-6-7-15)19(22-23)14-8-10-24(11-9-14)18(27)12-25-13-21-16-4-2-3-5-17(16)25/h2-5,13-15H,6-12H2,1H3. The topological polar surface area (TPSA) is 78.0 Å². The van der Waals surface area contributed by atoms with E-state index in [4.69, 9.17) is 0 Å². The summed E-state index contributed by atoms with van der Waals surface area (Å²) in [6.07, 6.45) is 5.56. The van der Waals surface area contributed by atoms with Gasteiger partial charge in [0.15, 0.2) is 0 Å². The molecule has 0 N–H and O–H groups in total. The summed E-state index contributed by atoms with van der Waals surface area (Å²) in [4.78, 5) is 31.4. The van der Waals surface area contributed by atoms with Crippen LogP contribution in [0.1, 0.15) is 43.5 Å². The Hall–Kier alpha value is -2.90. The molecule has 3 heterocycles. The summed E-state index contributed by atoms with van der Waals surface area (Å²) in [5.74, 6) is 1.26. The zero-order valence-electron chi connectivity index (χ0n) is 16.0. The number of carbonyl (C=O) groups is 1. The minimum Gasteiger partial charge on any atom is -0.341 e. The first-order chi connectivity index (χ1) is 13.6. The minimum atomic E-state index is -0.0111. The molecule has 28 heavy (non-hydrogen) atoms. The zero-order valence-corrected chi connectivity index (χ0v) is 16.0. The maximum absolute atomic E-state index is 12.8. The summed E-state index contributed by atoms with van der Waals surface area (Å²) in [6.45, 7) is 1.71. The maximum Gasteiger partial charge on any atom is 0.345 e. The van der Waals surface area contributed by atoms with Crippen LogP contribution in [0.15, 0.2) is 35.4 Å². The molecule has 1 aromatic carbocycles. The maximum atomic E-state index is 12.8. The third-order valence-corrected chi connectivity index (χ3v) is 5.94.